The fourth-order valence-electron chi connectivity index (χ4n) is 3.22. The number of pyridine rings is 1. The predicted molar refractivity (Wildman–Crippen MR) is 117 cm³/mol. The molecule has 9 nitrogen and oxygen atoms in total. The fraction of sp³-hybridized carbons (Fsp3) is 0.381. The molecule has 31 heavy (non-hydrogen) atoms. The number of nitrogens with one attached hydrogen (secondary N) is 2. The van der Waals surface area contributed by atoms with Crippen molar-refractivity contribution < 1.29 is 18.0 Å². The summed E-state index contributed by atoms with van der Waals surface area (Å²) in [7, 11) is -3.52. The Hall–Kier alpha value is -2.82. The molecule has 3 rings (SSSR count). The van der Waals surface area contributed by atoms with Gasteiger partial charge in [0.25, 0.3) is 0 Å². The van der Waals surface area contributed by atoms with E-state index in [0.29, 0.717) is 31.9 Å². The lowest BCUT2D eigenvalue weighted by molar-refractivity contribution is -0.122. The van der Waals surface area contributed by atoms with Gasteiger partial charge in [0.2, 0.25) is 21.8 Å². The molecule has 1 saturated heterocycles. The topological polar surface area (TPSA) is 112 Å². The van der Waals surface area contributed by atoms with Crippen molar-refractivity contribution in [3.8, 4) is 0 Å². The number of benzene rings is 1. The van der Waals surface area contributed by atoms with Crippen molar-refractivity contribution in [1.29, 1.82) is 0 Å². The molecule has 0 unspecified atom stereocenters. The SMILES string of the molecule is Cc1ccc(S(=O)(=O)N2CCN(CC(=O)NCCC(=O)Nc3cccnc3)CC2)cc1. The first kappa shape index (κ1) is 22.9. The molecule has 2 amide bonds. The summed E-state index contributed by atoms with van der Waals surface area (Å²) in [5, 5.41) is 5.44. The second-order valence-electron chi connectivity index (χ2n) is 7.38. The monoisotopic (exact) mass is 445 g/mol. The van der Waals surface area contributed by atoms with E-state index >= 15 is 0 Å². The summed E-state index contributed by atoms with van der Waals surface area (Å²) in [6.07, 6.45) is 3.33. The second-order valence-corrected chi connectivity index (χ2v) is 9.32. The number of carbonyl (C=O) groups excluding carboxylic acids is 2. The van der Waals surface area contributed by atoms with Crippen LogP contribution in [-0.2, 0) is 19.6 Å². The van der Waals surface area contributed by atoms with E-state index in [1.54, 1.807) is 48.8 Å². The molecule has 166 valence electrons. The number of carbonyl (C=O) groups is 2. The van der Waals surface area contributed by atoms with E-state index < -0.39 is 10.0 Å². The van der Waals surface area contributed by atoms with E-state index in [4.69, 9.17) is 0 Å². The van der Waals surface area contributed by atoms with Gasteiger partial charge in [-0.05, 0) is 31.2 Å². The number of hydrogen-bond donors (Lipinski definition) is 2. The molecule has 10 heteroatoms. The number of nitrogens with zero attached hydrogens (tertiary/aromatic N) is 3. The maximum atomic E-state index is 12.7. The number of anilines is 1. The molecule has 2 N–H and O–H groups in total. The van der Waals surface area contributed by atoms with E-state index in [1.807, 2.05) is 11.8 Å². The minimum Gasteiger partial charge on any atom is -0.354 e. The molecular formula is C21H27N5O4S. The van der Waals surface area contributed by atoms with Crippen LogP contribution in [0.1, 0.15) is 12.0 Å². The molecule has 2 heterocycles. The lowest BCUT2D eigenvalue weighted by Gasteiger charge is -2.33. The molecule has 2 aromatic rings. The minimum atomic E-state index is -3.52. The Balaban J connectivity index is 1.38. The molecule has 0 spiro atoms. The minimum absolute atomic E-state index is 0.156. The number of aryl methyl sites for hydroxylation is 1. The summed E-state index contributed by atoms with van der Waals surface area (Å²) in [5.41, 5.74) is 1.61. The van der Waals surface area contributed by atoms with E-state index in [2.05, 4.69) is 15.6 Å². The average molecular weight is 446 g/mol. The summed E-state index contributed by atoms with van der Waals surface area (Å²) >= 11 is 0. The van der Waals surface area contributed by atoms with Gasteiger partial charge in [0, 0.05) is 45.3 Å². The third-order valence-corrected chi connectivity index (χ3v) is 6.89. The Morgan fingerprint density at radius 2 is 1.74 bits per heavy atom. The van der Waals surface area contributed by atoms with Crippen molar-refractivity contribution in [3.63, 3.8) is 0 Å². The van der Waals surface area contributed by atoms with Crippen LogP contribution >= 0.6 is 0 Å². The summed E-state index contributed by atoms with van der Waals surface area (Å²) in [4.78, 5) is 30.2. The van der Waals surface area contributed by atoms with Gasteiger partial charge >= 0.3 is 0 Å². The Kier molecular flexibility index (Phi) is 7.72. The van der Waals surface area contributed by atoms with Gasteiger partial charge in [-0.3, -0.25) is 19.5 Å². The van der Waals surface area contributed by atoms with E-state index in [1.165, 1.54) is 4.31 Å². The van der Waals surface area contributed by atoms with Crippen LogP contribution in [-0.4, -0.2) is 73.7 Å². The fourth-order valence-corrected chi connectivity index (χ4v) is 4.64. The lowest BCUT2D eigenvalue weighted by atomic mass is 10.2. The zero-order chi connectivity index (χ0) is 22.3. The molecule has 1 fully saturated rings. The van der Waals surface area contributed by atoms with E-state index in [0.717, 1.165) is 5.56 Å². The number of rotatable bonds is 8. The first-order valence-electron chi connectivity index (χ1n) is 10.1. The van der Waals surface area contributed by atoms with Crippen LogP contribution in [0.2, 0.25) is 0 Å². The van der Waals surface area contributed by atoms with Crippen LogP contribution in [0, 0.1) is 6.92 Å². The number of amides is 2. The summed E-state index contributed by atoms with van der Waals surface area (Å²) in [5.74, 6) is -0.396. The smallest absolute Gasteiger partial charge is 0.243 e. The Morgan fingerprint density at radius 1 is 1.03 bits per heavy atom. The van der Waals surface area contributed by atoms with Crippen molar-refractivity contribution in [3.05, 3.63) is 54.4 Å². The van der Waals surface area contributed by atoms with Gasteiger partial charge in [-0.1, -0.05) is 17.7 Å². The van der Waals surface area contributed by atoms with Gasteiger partial charge in [0.15, 0.2) is 0 Å². The van der Waals surface area contributed by atoms with Gasteiger partial charge in [0.1, 0.15) is 0 Å². The van der Waals surface area contributed by atoms with E-state index in [-0.39, 0.29) is 36.2 Å². The largest absolute Gasteiger partial charge is 0.354 e. The third-order valence-electron chi connectivity index (χ3n) is 4.98. The molecule has 1 aromatic heterocycles. The second kappa shape index (κ2) is 10.5. The standard InChI is InChI=1S/C21H27N5O4S/c1-17-4-6-19(7-5-17)31(29,30)26-13-11-25(12-14-26)16-21(28)23-10-8-20(27)24-18-3-2-9-22-15-18/h2-7,9,15H,8,10-14,16H2,1H3,(H,23,28)(H,24,27). The highest BCUT2D eigenvalue weighted by Crippen LogP contribution is 2.18. The molecule has 0 aliphatic carbocycles. The van der Waals surface area contributed by atoms with Crippen molar-refractivity contribution in [1.82, 2.24) is 19.5 Å². The van der Waals surface area contributed by atoms with Gasteiger partial charge in [-0.15, -0.1) is 0 Å². The molecule has 1 aromatic carbocycles. The van der Waals surface area contributed by atoms with Crippen LogP contribution in [0.4, 0.5) is 5.69 Å². The zero-order valence-electron chi connectivity index (χ0n) is 17.5. The maximum Gasteiger partial charge on any atom is 0.243 e. The van der Waals surface area contributed by atoms with Crippen LogP contribution < -0.4 is 10.6 Å². The van der Waals surface area contributed by atoms with E-state index in [9.17, 15) is 18.0 Å². The normalized spacial score (nSPS) is 15.4. The summed E-state index contributed by atoms with van der Waals surface area (Å²) < 4.78 is 27.0. The predicted octanol–water partition coefficient (Wildman–Crippen LogP) is 0.841. The number of piperazine rings is 1. The van der Waals surface area contributed by atoms with Crippen molar-refractivity contribution in [2.75, 3.05) is 44.6 Å². The van der Waals surface area contributed by atoms with Crippen LogP contribution in [0.15, 0.2) is 53.7 Å². The zero-order valence-corrected chi connectivity index (χ0v) is 18.3. The molecule has 0 saturated carbocycles. The van der Waals surface area contributed by atoms with Gasteiger partial charge in [0.05, 0.1) is 23.3 Å². The third kappa shape index (κ3) is 6.58. The molecule has 1 aliphatic rings. The molecule has 0 radical (unpaired) electrons. The van der Waals surface area contributed by atoms with Crippen molar-refractivity contribution in [2.24, 2.45) is 0 Å². The number of aromatic nitrogens is 1. The molecule has 0 bridgehead atoms. The van der Waals surface area contributed by atoms with Gasteiger partial charge in [-0.25, -0.2) is 8.42 Å². The first-order chi connectivity index (χ1) is 14.8. The molecular weight excluding hydrogens is 418 g/mol. The van der Waals surface area contributed by atoms with Crippen molar-refractivity contribution >= 4 is 27.5 Å². The number of sulfonamides is 1. The van der Waals surface area contributed by atoms with Crippen LogP contribution in [0.3, 0.4) is 0 Å². The highest BCUT2D eigenvalue weighted by atomic mass is 32.2. The van der Waals surface area contributed by atoms with Gasteiger partial charge in [-0.2, -0.15) is 4.31 Å². The van der Waals surface area contributed by atoms with Crippen LogP contribution in [0.5, 0.6) is 0 Å². The Morgan fingerprint density at radius 3 is 2.39 bits per heavy atom. The summed E-state index contributed by atoms with van der Waals surface area (Å²) in [6.45, 7) is 3.91. The highest BCUT2D eigenvalue weighted by molar-refractivity contribution is 7.89. The maximum absolute atomic E-state index is 12.7. The molecule has 0 atom stereocenters. The lowest BCUT2D eigenvalue weighted by Crippen LogP contribution is -2.51. The Labute approximate surface area is 182 Å². The van der Waals surface area contributed by atoms with Gasteiger partial charge < -0.3 is 10.6 Å². The van der Waals surface area contributed by atoms with Crippen LogP contribution in [0.25, 0.3) is 0 Å². The molecule has 1 aliphatic heterocycles. The number of hydrogen-bond acceptors (Lipinski definition) is 6. The highest BCUT2D eigenvalue weighted by Gasteiger charge is 2.28. The summed E-state index contributed by atoms with van der Waals surface area (Å²) in [6, 6.07) is 10.3. The Bertz CT molecular complexity index is 988. The average Bonchev–Trinajstić information content (AvgIpc) is 2.75. The van der Waals surface area contributed by atoms with Crippen molar-refractivity contribution in [2.45, 2.75) is 18.2 Å². The quantitative estimate of drug-likeness (QED) is 0.623. The first-order valence-corrected chi connectivity index (χ1v) is 11.5.